The number of ether oxygens (including phenoxy) is 2. The lowest BCUT2D eigenvalue weighted by atomic mass is 9.88. The number of unbranched alkanes of at least 4 members (excludes halogenated alkanes) is 5. The van der Waals surface area contributed by atoms with Gasteiger partial charge in [-0.25, -0.2) is 9.37 Å². The maximum Gasteiger partial charge on any atom is 0.336 e. The molecule has 0 bridgehead atoms. The van der Waals surface area contributed by atoms with E-state index < -0.39 is 16.1 Å². The van der Waals surface area contributed by atoms with E-state index in [1.807, 2.05) is 42.5 Å². The van der Waals surface area contributed by atoms with E-state index in [0.717, 1.165) is 125 Å². The van der Waals surface area contributed by atoms with Gasteiger partial charge in [0.1, 0.15) is 11.3 Å². The lowest BCUT2D eigenvalue weighted by Crippen LogP contribution is -2.48. The highest BCUT2D eigenvalue weighted by Crippen LogP contribution is 2.43. The third-order valence-corrected chi connectivity index (χ3v) is 15.2. The van der Waals surface area contributed by atoms with E-state index >= 15 is 0 Å². The van der Waals surface area contributed by atoms with Crippen molar-refractivity contribution >= 4 is 55.9 Å². The Hall–Kier alpha value is -5.00. The summed E-state index contributed by atoms with van der Waals surface area (Å²) in [6, 6.07) is 24.4. The number of alkyl halides is 1. The number of nitrogens with zero attached hydrogens (tertiary/aromatic N) is 4. The zero-order valence-electron chi connectivity index (χ0n) is 42.5. The molecule has 1 aliphatic carbocycles. The molecule has 16 heteroatoms. The maximum atomic E-state index is 14.1. The standard InChI is InChI=1S/C57H73ClN4O10S/c1-2-3-24-59-26-30-61(31-27-59)46-17-20-49-54(41-46)72-55-42-47(62-32-28-60(29-33-62)25-7-9-38-73(67,68)69)18-21-50(55)56(49)51-40-45(16-19-48(51)57(65)66)53(64)22-15-43-12-10-13-44(39-43)52(63)14-11-35-71-37-36-70-34-8-5-4-6-23-58/h10,12-13,16-21,39-42H,2-9,11,14-15,22-38H2,1H3,(H-,65,66,67,68,69)/p+1. The first-order chi connectivity index (χ1) is 35.4. The molecule has 0 radical (unpaired) electrons. The van der Waals surface area contributed by atoms with E-state index in [9.17, 15) is 27.9 Å². The van der Waals surface area contributed by atoms with E-state index in [1.165, 1.54) is 12.5 Å². The normalized spacial score (nSPS) is 14.9. The predicted molar refractivity (Wildman–Crippen MR) is 289 cm³/mol. The summed E-state index contributed by atoms with van der Waals surface area (Å²) in [5.74, 6) is -0.156. The van der Waals surface area contributed by atoms with Crippen molar-refractivity contribution in [2.75, 3.05) is 108 Å². The zero-order chi connectivity index (χ0) is 51.6. The van der Waals surface area contributed by atoms with Gasteiger partial charge in [-0.3, -0.25) is 23.9 Å². The van der Waals surface area contributed by atoms with Crippen LogP contribution in [0.4, 0.5) is 5.69 Å². The number of hydrogen-bond acceptors (Lipinski definition) is 11. The SMILES string of the molecule is CCCCN1CC[N+](=c2ccc3c(-c4cc(C(=O)CCc5cccc(C(=O)CCCOCCOCCCCCCCl)c5)ccc4C(=O)O)c4ccc(N5CCN(CCCCS(=O)(=O)O)CC5)cc4oc-3c2)CC1. The van der Waals surface area contributed by atoms with Crippen LogP contribution < -0.4 is 14.8 Å². The molecule has 0 saturated carbocycles. The minimum Gasteiger partial charge on any atom is -0.478 e. The first kappa shape index (κ1) is 55.7. The minimum absolute atomic E-state index is 0.0173. The maximum absolute atomic E-state index is 14.1. The van der Waals surface area contributed by atoms with Crippen LogP contribution in [0.15, 0.2) is 83.3 Å². The van der Waals surface area contributed by atoms with Gasteiger partial charge in [-0.05, 0) is 106 Å². The van der Waals surface area contributed by atoms with E-state index in [2.05, 4.69) is 38.3 Å². The number of carboxylic acids is 1. The number of ketones is 2. The molecule has 4 aliphatic rings. The van der Waals surface area contributed by atoms with E-state index in [0.29, 0.717) is 98.0 Å². The van der Waals surface area contributed by atoms with Crippen LogP contribution >= 0.6 is 11.6 Å². The molecule has 73 heavy (non-hydrogen) atoms. The van der Waals surface area contributed by atoms with Crippen LogP contribution in [0.1, 0.15) is 114 Å². The number of aryl methyl sites for hydroxylation is 1. The molecule has 7 rings (SSSR count). The van der Waals surface area contributed by atoms with Crippen LogP contribution in [0.2, 0.25) is 0 Å². The number of Topliss-reactive ketones (excluding diaryl/α,β-unsaturated/α-hetero) is 2. The lowest BCUT2D eigenvalue weighted by molar-refractivity contribution is 0.0447. The quantitative estimate of drug-likeness (QED) is 0.0116. The molecule has 3 aromatic rings. The van der Waals surface area contributed by atoms with Crippen molar-refractivity contribution in [3.8, 4) is 22.5 Å². The molecule has 3 aliphatic heterocycles. The minimum atomic E-state index is -3.97. The Balaban J connectivity index is 1.08. The molecule has 2 N–H and O–H groups in total. The van der Waals surface area contributed by atoms with Crippen molar-refractivity contribution in [3.05, 3.63) is 106 Å². The number of rotatable bonds is 29. The number of carbonyl (C=O) groups is 3. The van der Waals surface area contributed by atoms with Gasteiger partial charge >= 0.3 is 5.97 Å². The van der Waals surface area contributed by atoms with Crippen molar-refractivity contribution in [1.29, 1.82) is 0 Å². The number of carbonyl (C=O) groups excluding carboxylic acids is 2. The monoisotopic (exact) mass is 1040 g/mol. The van der Waals surface area contributed by atoms with Crippen LogP contribution in [0.5, 0.6) is 0 Å². The molecular weight excluding hydrogens is 968 g/mol. The topological polar surface area (TPSA) is 170 Å². The lowest BCUT2D eigenvalue weighted by Gasteiger charge is -2.36. The van der Waals surface area contributed by atoms with Crippen LogP contribution in [-0.2, 0) is 26.0 Å². The van der Waals surface area contributed by atoms with Crippen LogP contribution in [-0.4, -0.2) is 149 Å². The van der Waals surface area contributed by atoms with Crippen LogP contribution in [0, 0.1) is 0 Å². The number of piperazine rings is 2. The summed E-state index contributed by atoms with van der Waals surface area (Å²) in [5.41, 5.74) is 5.33. The second kappa shape index (κ2) is 28.1. The first-order valence-corrected chi connectivity index (χ1v) is 28.5. The third kappa shape index (κ3) is 16.5. The predicted octanol–water partition coefficient (Wildman–Crippen LogP) is 9.19. The number of benzene rings is 4. The fraction of sp³-hybridized carbons (Fsp3) is 0.509. The van der Waals surface area contributed by atoms with Crippen molar-refractivity contribution in [3.63, 3.8) is 0 Å². The van der Waals surface area contributed by atoms with Gasteiger partial charge in [0.05, 0.1) is 43.7 Å². The van der Waals surface area contributed by atoms with Crippen molar-refractivity contribution in [1.82, 2.24) is 14.4 Å². The Morgan fingerprint density at radius 1 is 0.699 bits per heavy atom. The average Bonchev–Trinajstić information content (AvgIpc) is 3.40. The van der Waals surface area contributed by atoms with Crippen LogP contribution in [0.3, 0.4) is 0 Å². The van der Waals surface area contributed by atoms with Gasteiger partial charge in [-0.2, -0.15) is 8.42 Å². The molecule has 3 aromatic carbocycles. The van der Waals surface area contributed by atoms with E-state index in [4.69, 9.17) is 30.0 Å². The Labute approximate surface area is 436 Å². The van der Waals surface area contributed by atoms with Gasteiger partial charge in [0.25, 0.3) is 10.1 Å². The fourth-order valence-corrected chi connectivity index (χ4v) is 10.6. The Bertz CT molecular complexity index is 2780. The highest BCUT2D eigenvalue weighted by Gasteiger charge is 2.26. The number of halogens is 1. The largest absolute Gasteiger partial charge is 0.478 e. The summed E-state index contributed by atoms with van der Waals surface area (Å²) in [5, 5.41) is 12.4. The Kier molecular flexibility index (Phi) is 21.4. The average molecular weight is 1040 g/mol. The molecule has 2 fully saturated rings. The third-order valence-electron chi connectivity index (χ3n) is 14.1. The Morgan fingerprint density at radius 2 is 1.41 bits per heavy atom. The molecule has 0 amide bonds. The number of aromatic carboxylic acids is 1. The van der Waals surface area contributed by atoms with Crippen molar-refractivity contribution in [2.24, 2.45) is 0 Å². The first-order valence-electron chi connectivity index (χ1n) is 26.4. The molecule has 0 unspecified atom stereocenters. The summed E-state index contributed by atoms with van der Waals surface area (Å²) < 4.78 is 52.0. The van der Waals surface area contributed by atoms with Gasteiger partial charge < -0.3 is 23.9 Å². The summed E-state index contributed by atoms with van der Waals surface area (Å²) >= 11 is 5.73. The molecular formula is C57H74ClN4O10S+. The number of fused-ring (bicyclic) bond motifs is 2. The summed E-state index contributed by atoms with van der Waals surface area (Å²) in [6.07, 6.45) is 9.20. The fourth-order valence-electron chi connectivity index (χ4n) is 9.88. The van der Waals surface area contributed by atoms with E-state index in [1.54, 1.807) is 18.2 Å². The highest BCUT2D eigenvalue weighted by atomic mass is 35.5. The molecule has 0 atom stereocenters. The van der Waals surface area contributed by atoms with E-state index in [-0.39, 0.29) is 29.3 Å². The molecule has 394 valence electrons. The summed E-state index contributed by atoms with van der Waals surface area (Å²) in [6.45, 7) is 13.0. The van der Waals surface area contributed by atoms with Crippen molar-refractivity contribution < 1.29 is 46.4 Å². The van der Waals surface area contributed by atoms with Crippen LogP contribution in [0.25, 0.3) is 33.4 Å². The van der Waals surface area contributed by atoms with Gasteiger partial charge in [0, 0.05) is 104 Å². The molecule has 2 saturated heterocycles. The molecule has 14 nitrogen and oxygen atoms in total. The Morgan fingerprint density at radius 3 is 2.15 bits per heavy atom. The van der Waals surface area contributed by atoms with Gasteiger partial charge in [-0.15, -0.1) is 11.6 Å². The van der Waals surface area contributed by atoms with Crippen molar-refractivity contribution in [2.45, 2.75) is 84.0 Å². The van der Waals surface area contributed by atoms with Gasteiger partial charge in [-0.1, -0.05) is 50.5 Å². The van der Waals surface area contributed by atoms with Gasteiger partial charge in [0.15, 0.2) is 24.7 Å². The zero-order valence-corrected chi connectivity index (χ0v) is 44.1. The highest BCUT2D eigenvalue weighted by molar-refractivity contribution is 7.85. The molecule has 0 aromatic heterocycles. The molecule has 0 spiro atoms. The second-order valence-corrected chi connectivity index (χ2v) is 21.3. The second-order valence-electron chi connectivity index (χ2n) is 19.4. The summed E-state index contributed by atoms with van der Waals surface area (Å²) in [7, 11) is -3.97. The van der Waals surface area contributed by atoms with Gasteiger partial charge in [0.2, 0.25) is 5.36 Å². The number of anilines is 1. The smallest absolute Gasteiger partial charge is 0.336 e. The number of hydrogen-bond donors (Lipinski definition) is 2. The summed E-state index contributed by atoms with van der Waals surface area (Å²) in [4.78, 5) is 47.5. The molecule has 3 heterocycles. The number of carboxylic acid groups (broad SMARTS) is 1.